The highest BCUT2D eigenvalue weighted by Gasteiger charge is 2.34. The highest BCUT2D eigenvalue weighted by molar-refractivity contribution is 5.85. The molecule has 0 bridgehead atoms. The van der Waals surface area contributed by atoms with Crippen LogP contribution in [0.2, 0.25) is 0 Å². The first-order valence-corrected chi connectivity index (χ1v) is 7.26. The fourth-order valence-electron chi connectivity index (χ4n) is 3.48. The maximum absolute atomic E-state index is 11.6. The standard InChI is InChI=1S/C14H25NO2.ClH/c16-14(17)13(15-10-6-3-7-11-15)12-8-4-1-2-5-9-12;/h12-13H,1-11H2,(H,16,17);1H. The highest BCUT2D eigenvalue weighted by Crippen LogP contribution is 2.29. The molecule has 1 N–H and O–H groups in total. The molecule has 1 saturated heterocycles. The zero-order valence-corrected chi connectivity index (χ0v) is 12.0. The van der Waals surface area contributed by atoms with Crippen LogP contribution in [-0.2, 0) is 4.79 Å². The Bertz CT molecular complexity index is 246. The number of hydrogen-bond donors (Lipinski definition) is 1. The predicted octanol–water partition coefficient (Wildman–Crippen LogP) is 3.32. The fourth-order valence-corrected chi connectivity index (χ4v) is 3.48. The van der Waals surface area contributed by atoms with Crippen LogP contribution in [-0.4, -0.2) is 35.1 Å². The van der Waals surface area contributed by atoms with Crippen molar-refractivity contribution in [2.75, 3.05) is 13.1 Å². The van der Waals surface area contributed by atoms with Gasteiger partial charge in [-0.25, -0.2) is 0 Å². The molecule has 0 aromatic heterocycles. The molecule has 2 fully saturated rings. The van der Waals surface area contributed by atoms with Crippen LogP contribution in [0.3, 0.4) is 0 Å². The average Bonchev–Trinajstić information content (AvgIpc) is 2.59. The third-order valence-electron chi connectivity index (χ3n) is 4.38. The van der Waals surface area contributed by atoms with Crippen LogP contribution in [0.15, 0.2) is 0 Å². The Labute approximate surface area is 116 Å². The lowest BCUT2D eigenvalue weighted by Gasteiger charge is -2.36. The molecule has 106 valence electrons. The first kappa shape index (κ1) is 15.8. The van der Waals surface area contributed by atoms with E-state index in [4.69, 9.17) is 0 Å². The highest BCUT2D eigenvalue weighted by atomic mass is 35.5. The fraction of sp³-hybridized carbons (Fsp3) is 0.929. The van der Waals surface area contributed by atoms with E-state index in [0.717, 1.165) is 25.9 Å². The molecule has 1 atom stereocenters. The Hall–Kier alpha value is -0.280. The number of nitrogens with zero attached hydrogens (tertiary/aromatic N) is 1. The van der Waals surface area contributed by atoms with Gasteiger partial charge in [0.05, 0.1) is 0 Å². The summed E-state index contributed by atoms with van der Waals surface area (Å²) in [4.78, 5) is 13.8. The average molecular weight is 276 g/mol. The minimum atomic E-state index is -0.584. The summed E-state index contributed by atoms with van der Waals surface area (Å²) >= 11 is 0. The van der Waals surface area contributed by atoms with Gasteiger partial charge >= 0.3 is 5.97 Å². The molecule has 2 aliphatic rings. The molecule has 0 amide bonds. The van der Waals surface area contributed by atoms with Crippen molar-refractivity contribution in [3.05, 3.63) is 0 Å². The summed E-state index contributed by atoms with van der Waals surface area (Å²) in [6, 6.07) is -0.201. The third-order valence-corrected chi connectivity index (χ3v) is 4.38. The minimum absolute atomic E-state index is 0. The van der Waals surface area contributed by atoms with Gasteiger partial charge in [-0.05, 0) is 44.7 Å². The number of carboxylic acids is 1. The smallest absolute Gasteiger partial charge is 0.321 e. The molecule has 4 heteroatoms. The van der Waals surface area contributed by atoms with Crippen molar-refractivity contribution in [2.24, 2.45) is 5.92 Å². The second kappa shape index (κ2) is 8.00. The van der Waals surface area contributed by atoms with E-state index in [-0.39, 0.29) is 18.4 Å². The lowest BCUT2D eigenvalue weighted by Crippen LogP contribution is -2.48. The largest absolute Gasteiger partial charge is 0.480 e. The van der Waals surface area contributed by atoms with E-state index >= 15 is 0 Å². The summed E-state index contributed by atoms with van der Waals surface area (Å²) in [6.07, 6.45) is 10.9. The molecule has 2 rings (SSSR count). The minimum Gasteiger partial charge on any atom is -0.480 e. The number of likely N-dealkylation sites (tertiary alicyclic amines) is 1. The lowest BCUT2D eigenvalue weighted by atomic mass is 9.89. The van der Waals surface area contributed by atoms with E-state index in [1.165, 1.54) is 44.9 Å². The monoisotopic (exact) mass is 275 g/mol. The summed E-state index contributed by atoms with van der Waals surface area (Å²) in [5, 5.41) is 9.53. The molecule has 1 aliphatic carbocycles. The summed E-state index contributed by atoms with van der Waals surface area (Å²) in [5.74, 6) is -0.188. The van der Waals surface area contributed by atoms with Crippen LogP contribution in [0.4, 0.5) is 0 Å². The second-order valence-corrected chi connectivity index (χ2v) is 5.63. The topological polar surface area (TPSA) is 40.5 Å². The van der Waals surface area contributed by atoms with E-state index in [1.54, 1.807) is 0 Å². The van der Waals surface area contributed by atoms with Crippen molar-refractivity contribution in [1.29, 1.82) is 0 Å². The van der Waals surface area contributed by atoms with Crippen LogP contribution in [0.5, 0.6) is 0 Å². The van der Waals surface area contributed by atoms with E-state index in [0.29, 0.717) is 5.92 Å². The van der Waals surface area contributed by atoms with Crippen molar-refractivity contribution in [3.8, 4) is 0 Å². The Morgan fingerprint density at radius 1 is 0.944 bits per heavy atom. The maximum atomic E-state index is 11.6. The Balaban J connectivity index is 0.00000162. The Morgan fingerprint density at radius 2 is 1.44 bits per heavy atom. The van der Waals surface area contributed by atoms with Gasteiger partial charge in [-0.15, -0.1) is 12.4 Å². The molecular formula is C14H26ClNO2. The number of hydrogen-bond acceptors (Lipinski definition) is 2. The summed E-state index contributed by atoms with van der Waals surface area (Å²) in [7, 11) is 0. The quantitative estimate of drug-likeness (QED) is 0.804. The first-order valence-electron chi connectivity index (χ1n) is 7.26. The summed E-state index contributed by atoms with van der Waals surface area (Å²) in [6.45, 7) is 1.99. The second-order valence-electron chi connectivity index (χ2n) is 5.63. The number of aliphatic carboxylic acids is 1. The summed E-state index contributed by atoms with van der Waals surface area (Å²) in [5.41, 5.74) is 0. The zero-order valence-electron chi connectivity index (χ0n) is 11.1. The molecular weight excluding hydrogens is 250 g/mol. The van der Waals surface area contributed by atoms with Gasteiger partial charge in [0.15, 0.2) is 0 Å². The number of piperidine rings is 1. The number of carbonyl (C=O) groups is 1. The van der Waals surface area contributed by atoms with E-state index in [9.17, 15) is 9.90 Å². The van der Waals surface area contributed by atoms with Crippen molar-refractivity contribution >= 4 is 18.4 Å². The SMILES string of the molecule is Cl.O=C(O)C(C1CCCCCC1)N1CCCCC1. The number of rotatable bonds is 3. The van der Waals surface area contributed by atoms with Gasteiger partial charge in [0.1, 0.15) is 6.04 Å². The van der Waals surface area contributed by atoms with Gasteiger partial charge in [-0.2, -0.15) is 0 Å². The molecule has 1 saturated carbocycles. The van der Waals surface area contributed by atoms with Gasteiger partial charge in [-0.1, -0.05) is 32.1 Å². The van der Waals surface area contributed by atoms with Gasteiger partial charge < -0.3 is 5.11 Å². The summed E-state index contributed by atoms with van der Waals surface area (Å²) < 4.78 is 0. The third kappa shape index (κ3) is 4.13. The van der Waals surface area contributed by atoms with Crippen molar-refractivity contribution in [2.45, 2.75) is 63.8 Å². The molecule has 1 heterocycles. The van der Waals surface area contributed by atoms with Gasteiger partial charge in [0, 0.05) is 0 Å². The van der Waals surface area contributed by atoms with Gasteiger partial charge in [0.25, 0.3) is 0 Å². The van der Waals surface area contributed by atoms with E-state index in [1.807, 2.05) is 0 Å². The maximum Gasteiger partial charge on any atom is 0.321 e. The van der Waals surface area contributed by atoms with E-state index < -0.39 is 5.97 Å². The first-order chi connectivity index (χ1) is 8.29. The van der Waals surface area contributed by atoms with Crippen molar-refractivity contribution in [1.82, 2.24) is 4.90 Å². The number of carboxylic acid groups (broad SMARTS) is 1. The van der Waals surface area contributed by atoms with E-state index in [2.05, 4.69) is 4.90 Å². The lowest BCUT2D eigenvalue weighted by molar-refractivity contribution is -0.146. The molecule has 1 aliphatic heterocycles. The molecule has 18 heavy (non-hydrogen) atoms. The zero-order chi connectivity index (χ0) is 12.1. The van der Waals surface area contributed by atoms with Crippen LogP contribution in [0, 0.1) is 5.92 Å². The van der Waals surface area contributed by atoms with Crippen LogP contribution in [0.1, 0.15) is 57.8 Å². The number of halogens is 1. The molecule has 3 nitrogen and oxygen atoms in total. The van der Waals surface area contributed by atoms with Gasteiger partial charge in [-0.3, -0.25) is 9.69 Å². The molecule has 0 radical (unpaired) electrons. The molecule has 1 unspecified atom stereocenters. The van der Waals surface area contributed by atoms with Crippen molar-refractivity contribution < 1.29 is 9.90 Å². The van der Waals surface area contributed by atoms with Crippen LogP contribution in [0.25, 0.3) is 0 Å². The van der Waals surface area contributed by atoms with Crippen LogP contribution < -0.4 is 0 Å². The van der Waals surface area contributed by atoms with Crippen LogP contribution >= 0.6 is 12.4 Å². The Kier molecular flexibility index (Phi) is 7.02. The molecule has 0 spiro atoms. The molecule has 0 aromatic rings. The normalized spacial score (nSPS) is 24.9. The predicted molar refractivity (Wildman–Crippen MR) is 75.3 cm³/mol. The molecule has 0 aromatic carbocycles. The van der Waals surface area contributed by atoms with Crippen molar-refractivity contribution in [3.63, 3.8) is 0 Å². The van der Waals surface area contributed by atoms with Gasteiger partial charge in [0.2, 0.25) is 0 Å². The Morgan fingerprint density at radius 3 is 1.94 bits per heavy atom.